The molecule has 0 aliphatic rings. The first-order valence-corrected chi connectivity index (χ1v) is 6.01. The van der Waals surface area contributed by atoms with Gasteiger partial charge < -0.3 is 10.6 Å². The summed E-state index contributed by atoms with van der Waals surface area (Å²) >= 11 is 0. The van der Waals surface area contributed by atoms with Gasteiger partial charge in [0.1, 0.15) is 5.82 Å². The molecule has 0 unspecified atom stereocenters. The maximum Gasteiger partial charge on any atom is 0.213 e. The van der Waals surface area contributed by atoms with E-state index in [1.165, 1.54) is 29.2 Å². The number of nitrogen functional groups attached to an aromatic ring is 1. The molecule has 0 fully saturated rings. The number of hydrogen-bond donors (Lipinski definition) is 1. The number of amides is 1. The van der Waals surface area contributed by atoms with Crippen LogP contribution in [0, 0.1) is 11.6 Å². The Morgan fingerprint density at radius 2 is 1.81 bits per heavy atom. The zero-order valence-corrected chi connectivity index (χ0v) is 11.1. The lowest BCUT2D eigenvalue weighted by atomic mass is 10.0. The van der Waals surface area contributed by atoms with Crippen LogP contribution >= 0.6 is 0 Å². The van der Waals surface area contributed by atoms with E-state index in [-0.39, 0.29) is 5.56 Å². The van der Waals surface area contributed by atoms with Crippen molar-refractivity contribution < 1.29 is 18.4 Å². The number of anilines is 2. The molecule has 0 heterocycles. The number of halogens is 2. The summed E-state index contributed by atoms with van der Waals surface area (Å²) in [5, 5.41) is 0. The lowest BCUT2D eigenvalue weighted by Crippen LogP contribution is -2.14. The number of ketones is 1. The quantitative estimate of drug-likeness (QED) is 0.534. The minimum Gasteiger partial charge on any atom is -0.396 e. The Balaban J connectivity index is 2.39. The molecule has 0 aliphatic carbocycles. The molecule has 0 bridgehead atoms. The van der Waals surface area contributed by atoms with E-state index >= 15 is 0 Å². The van der Waals surface area contributed by atoms with Gasteiger partial charge in [-0.2, -0.15) is 0 Å². The molecule has 2 rings (SSSR count). The topological polar surface area (TPSA) is 63.4 Å². The summed E-state index contributed by atoms with van der Waals surface area (Å²) in [4.78, 5) is 24.1. The molecule has 108 valence electrons. The predicted octanol–water partition coefficient (Wildman–Crippen LogP) is 2.37. The van der Waals surface area contributed by atoms with E-state index in [2.05, 4.69) is 0 Å². The molecule has 6 heteroatoms. The van der Waals surface area contributed by atoms with Gasteiger partial charge in [-0.25, -0.2) is 8.78 Å². The highest BCUT2D eigenvalue weighted by molar-refractivity contribution is 6.09. The van der Waals surface area contributed by atoms with Crippen LogP contribution in [0.5, 0.6) is 0 Å². The van der Waals surface area contributed by atoms with Crippen LogP contribution in [0.15, 0.2) is 36.4 Å². The van der Waals surface area contributed by atoms with E-state index in [4.69, 9.17) is 5.73 Å². The molecule has 0 saturated carbocycles. The molecular formula is C15H12F2N2O2. The number of carbonyl (C=O) groups is 2. The van der Waals surface area contributed by atoms with Crippen molar-refractivity contribution >= 4 is 23.6 Å². The molecule has 0 spiro atoms. The third-order valence-corrected chi connectivity index (χ3v) is 3.01. The average molecular weight is 290 g/mol. The molecule has 2 aromatic carbocycles. The summed E-state index contributed by atoms with van der Waals surface area (Å²) in [6.07, 6.45) is 0.615. The molecule has 0 aromatic heterocycles. The summed E-state index contributed by atoms with van der Waals surface area (Å²) in [6, 6.07) is 7.54. The molecule has 0 aliphatic heterocycles. The van der Waals surface area contributed by atoms with E-state index in [1.54, 1.807) is 7.05 Å². The molecule has 1 amide bonds. The third-order valence-electron chi connectivity index (χ3n) is 3.01. The minimum atomic E-state index is -0.949. The second kappa shape index (κ2) is 5.70. The highest BCUT2D eigenvalue weighted by atomic mass is 19.1. The SMILES string of the molecule is CN(C=O)c1ccc(C(=O)c2cc(F)cc(N)c2F)cc1. The first-order chi connectivity index (χ1) is 9.93. The van der Waals surface area contributed by atoms with Gasteiger partial charge in [-0.3, -0.25) is 9.59 Å². The standard InChI is InChI=1S/C15H12F2N2O2/c1-19(8-20)11-4-2-9(3-5-11)15(21)12-6-10(16)7-13(18)14(12)17/h2-8H,18H2,1H3. The molecule has 0 saturated heterocycles. The van der Waals surface area contributed by atoms with Gasteiger partial charge in [-0.1, -0.05) is 0 Å². The Bertz CT molecular complexity index is 700. The van der Waals surface area contributed by atoms with Gasteiger partial charge in [0.15, 0.2) is 11.6 Å². The van der Waals surface area contributed by atoms with Crippen LogP contribution in [0.2, 0.25) is 0 Å². The summed E-state index contributed by atoms with van der Waals surface area (Å²) in [5.74, 6) is -2.41. The number of carbonyl (C=O) groups excluding carboxylic acids is 2. The van der Waals surface area contributed by atoms with E-state index in [9.17, 15) is 18.4 Å². The second-order valence-corrected chi connectivity index (χ2v) is 4.45. The third kappa shape index (κ3) is 2.89. The average Bonchev–Trinajstić information content (AvgIpc) is 2.49. The van der Waals surface area contributed by atoms with Crippen molar-refractivity contribution in [1.29, 1.82) is 0 Å². The lowest BCUT2D eigenvalue weighted by Gasteiger charge is -2.11. The molecule has 2 aromatic rings. The first-order valence-electron chi connectivity index (χ1n) is 6.01. The molecule has 2 N–H and O–H groups in total. The Kier molecular flexibility index (Phi) is 3.98. The number of nitrogens with two attached hydrogens (primary N) is 1. The van der Waals surface area contributed by atoms with E-state index in [1.807, 2.05) is 0 Å². The van der Waals surface area contributed by atoms with Crippen molar-refractivity contribution in [2.45, 2.75) is 0 Å². The van der Waals surface area contributed by atoms with Crippen LogP contribution in [0.1, 0.15) is 15.9 Å². The van der Waals surface area contributed by atoms with Gasteiger partial charge in [-0.05, 0) is 36.4 Å². The zero-order chi connectivity index (χ0) is 15.6. The first kappa shape index (κ1) is 14.6. The molecule has 21 heavy (non-hydrogen) atoms. The normalized spacial score (nSPS) is 10.2. The molecule has 0 atom stereocenters. The number of rotatable bonds is 4. The van der Waals surface area contributed by atoms with Crippen molar-refractivity contribution in [2.24, 2.45) is 0 Å². The maximum absolute atomic E-state index is 13.8. The van der Waals surface area contributed by atoms with Crippen molar-refractivity contribution in [3.63, 3.8) is 0 Å². The van der Waals surface area contributed by atoms with Crippen LogP contribution in [0.4, 0.5) is 20.2 Å². The van der Waals surface area contributed by atoms with Gasteiger partial charge in [0, 0.05) is 18.3 Å². The summed E-state index contributed by atoms with van der Waals surface area (Å²) in [6.45, 7) is 0. The van der Waals surface area contributed by atoms with Gasteiger partial charge in [0.05, 0.1) is 11.3 Å². The van der Waals surface area contributed by atoms with Crippen LogP contribution in [0.25, 0.3) is 0 Å². The van der Waals surface area contributed by atoms with Crippen molar-refractivity contribution in [3.8, 4) is 0 Å². The van der Waals surface area contributed by atoms with E-state index < -0.39 is 28.7 Å². The molecule has 0 radical (unpaired) electrons. The second-order valence-electron chi connectivity index (χ2n) is 4.45. The molecule has 4 nitrogen and oxygen atoms in total. The Morgan fingerprint density at radius 3 is 2.38 bits per heavy atom. The van der Waals surface area contributed by atoms with Crippen LogP contribution in [-0.4, -0.2) is 19.2 Å². The molecular weight excluding hydrogens is 278 g/mol. The van der Waals surface area contributed by atoms with Crippen LogP contribution < -0.4 is 10.6 Å². The van der Waals surface area contributed by atoms with Gasteiger partial charge in [0.25, 0.3) is 0 Å². The maximum atomic E-state index is 13.8. The fraction of sp³-hybridized carbons (Fsp3) is 0.0667. The van der Waals surface area contributed by atoms with E-state index in [0.717, 1.165) is 12.1 Å². The Morgan fingerprint density at radius 1 is 1.19 bits per heavy atom. The fourth-order valence-electron chi connectivity index (χ4n) is 1.84. The van der Waals surface area contributed by atoms with Crippen molar-refractivity contribution in [3.05, 3.63) is 59.2 Å². The Labute approximate surface area is 119 Å². The minimum absolute atomic E-state index is 0.168. The van der Waals surface area contributed by atoms with Crippen LogP contribution in [0.3, 0.4) is 0 Å². The number of benzene rings is 2. The lowest BCUT2D eigenvalue weighted by molar-refractivity contribution is -0.107. The van der Waals surface area contributed by atoms with Gasteiger partial charge in [0.2, 0.25) is 6.41 Å². The van der Waals surface area contributed by atoms with Crippen molar-refractivity contribution in [2.75, 3.05) is 17.7 Å². The van der Waals surface area contributed by atoms with E-state index in [0.29, 0.717) is 12.1 Å². The summed E-state index contributed by atoms with van der Waals surface area (Å²) < 4.78 is 27.1. The smallest absolute Gasteiger partial charge is 0.213 e. The van der Waals surface area contributed by atoms with Gasteiger partial charge in [-0.15, -0.1) is 0 Å². The van der Waals surface area contributed by atoms with Crippen molar-refractivity contribution in [1.82, 2.24) is 0 Å². The predicted molar refractivity (Wildman–Crippen MR) is 75.1 cm³/mol. The van der Waals surface area contributed by atoms with Crippen LogP contribution in [-0.2, 0) is 4.79 Å². The zero-order valence-electron chi connectivity index (χ0n) is 11.1. The number of hydrogen-bond acceptors (Lipinski definition) is 3. The Hall–Kier alpha value is -2.76. The largest absolute Gasteiger partial charge is 0.396 e. The summed E-state index contributed by atoms with van der Waals surface area (Å²) in [7, 11) is 1.55. The highest BCUT2D eigenvalue weighted by Crippen LogP contribution is 2.21. The number of nitrogens with zero attached hydrogens (tertiary/aromatic N) is 1. The fourth-order valence-corrected chi connectivity index (χ4v) is 1.84. The highest BCUT2D eigenvalue weighted by Gasteiger charge is 2.17. The summed E-state index contributed by atoms with van der Waals surface area (Å²) in [5.41, 5.74) is 5.20. The monoisotopic (exact) mass is 290 g/mol. The van der Waals surface area contributed by atoms with Gasteiger partial charge >= 0.3 is 0 Å².